The van der Waals surface area contributed by atoms with Crippen molar-refractivity contribution in [1.82, 2.24) is 4.90 Å². The summed E-state index contributed by atoms with van der Waals surface area (Å²) in [6.07, 6.45) is -0.389. The number of ether oxygens (including phenoxy) is 3. The maximum atomic E-state index is 13.8. The van der Waals surface area contributed by atoms with Crippen LogP contribution in [-0.2, 0) is 16.9 Å². The van der Waals surface area contributed by atoms with Crippen LogP contribution in [0.5, 0.6) is 11.5 Å². The van der Waals surface area contributed by atoms with Gasteiger partial charge in [-0.25, -0.2) is 4.79 Å². The van der Waals surface area contributed by atoms with Gasteiger partial charge < -0.3 is 19.1 Å². The third kappa shape index (κ3) is 6.58. The van der Waals surface area contributed by atoms with Crippen LogP contribution >= 0.6 is 11.6 Å². The number of benzene rings is 6. The number of hydrogen-bond donors (Lipinski definition) is 0. The fourth-order valence-corrected chi connectivity index (χ4v) is 7.38. The Labute approximate surface area is 305 Å². The van der Waals surface area contributed by atoms with E-state index in [1.54, 1.807) is 12.0 Å². The van der Waals surface area contributed by atoms with Gasteiger partial charge >= 0.3 is 6.09 Å². The van der Waals surface area contributed by atoms with Crippen molar-refractivity contribution in [3.05, 3.63) is 190 Å². The first-order chi connectivity index (χ1) is 24.9. The molecule has 51 heavy (non-hydrogen) atoms. The summed E-state index contributed by atoms with van der Waals surface area (Å²) in [6.45, 7) is 4.96. The Kier molecular flexibility index (Phi) is 9.83. The zero-order chi connectivity index (χ0) is 35.4. The molecule has 0 saturated heterocycles. The van der Waals surface area contributed by atoms with Crippen LogP contribution in [0.2, 0.25) is 5.02 Å². The van der Waals surface area contributed by atoms with Gasteiger partial charge in [-0.15, -0.1) is 0 Å². The number of halogens is 1. The van der Waals surface area contributed by atoms with Gasteiger partial charge in [0, 0.05) is 45.8 Å². The second-order valence-corrected chi connectivity index (χ2v) is 13.2. The zero-order valence-electron chi connectivity index (χ0n) is 29.0. The van der Waals surface area contributed by atoms with Gasteiger partial charge in [0.25, 0.3) is 0 Å². The van der Waals surface area contributed by atoms with Crippen LogP contribution in [0.3, 0.4) is 0 Å². The maximum Gasteiger partial charge on any atom is 0.410 e. The molecule has 0 spiro atoms. The summed E-state index contributed by atoms with van der Waals surface area (Å²) in [5.74, 6) is 1.16. The normalized spacial score (nSPS) is 13.1. The zero-order valence-corrected chi connectivity index (χ0v) is 29.8. The monoisotopic (exact) mass is 693 g/mol. The Morgan fingerprint density at radius 2 is 1.35 bits per heavy atom. The molecule has 1 aliphatic rings. The average Bonchev–Trinajstić information content (AvgIpc) is 3.49. The molecular formula is C45H40ClNO4. The summed E-state index contributed by atoms with van der Waals surface area (Å²) in [5, 5.41) is 0.570. The summed E-state index contributed by atoms with van der Waals surface area (Å²) in [7, 11) is 1.63. The molecule has 0 bridgehead atoms. The summed E-state index contributed by atoms with van der Waals surface area (Å²) in [6, 6.07) is 48.6. The van der Waals surface area contributed by atoms with Crippen LogP contribution in [0.15, 0.2) is 146 Å². The Morgan fingerprint density at radius 3 is 2.00 bits per heavy atom. The van der Waals surface area contributed by atoms with Gasteiger partial charge in [0.05, 0.1) is 13.7 Å². The lowest BCUT2D eigenvalue weighted by Crippen LogP contribution is -2.37. The molecule has 5 nitrogen and oxygen atoms in total. The number of fused-ring (bicyclic) bond motifs is 3. The molecule has 256 valence electrons. The van der Waals surface area contributed by atoms with Crippen molar-refractivity contribution in [2.75, 3.05) is 20.3 Å². The number of carbonyl (C=O) groups is 1. The van der Waals surface area contributed by atoms with Crippen LogP contribution in [-0.4, -0.2) is 31.3 Å². The van der Waals surface area contributed by atoms with E-state index >= 15 is 0 Å². The van der Waals surface area contributed by atoms with Crippen molar-refractivity contribution in [3.8, 4) is 22.6 Å². The predicted molar refractivity (Wildman–Crippen MR) is 204 cm³/mol. The van der Waals surface area contributed by atoms with Gasteiger partial charge in [-0.3, -0.25) is 0 Å². The van der Waals surface area contributed by atoms with Gasteiger partial charge in [-0.1, -0.05) is 138 Å². The molecule has 0 aromatic heterocycles. The van der Waals surface area contributed by atoms with Crippen LogP contribution in [0.25, 0.3) is 11.1 Å². The molecule has 0 saturated carbocycles. The minimum Gasteiger partial charge on any atom is -0.497 e. The molecule has 0 heterocycles. The average molecular weight is 694 g/mol. The summed E-state index contributed by atoms with van der Waals surface area (Å²) >= 11 is 7.03. The van der Waals surface area contributed by atoms with Gasteiger partial charge in [0.2, 0.25) is 0 Å². The lowest BCUT2D eigenvalue weighted by atomic mass is 9.79. The molecule has 1 amide bonds. The fraction of sp³-hybridized carbons (Fsp3) is 0.178. The fourth-order valence-electron chi connectivity index (χ4n) is 7.11. The van der Waals surface area contributed by atoms with E-state index in [0.717, 1.165) is 27.8 Å². The van der Waals surface area contributed by atoms with E-state index in [2.05, 4.69) is 67.6 Å². The lowest BCUT2D eigenvalue weighted by Gasteiger charge is -2.38. The lowest BCUT2D eigenvalue weighted by molar-refractivity contribution is 0.0978. The van der Waals surface area contributed by atoms with Crippen molar-refractivity contribution in [1.29, 1.82) is 0 Å². The number of rotatable bonds is 11. The van der Waals surface area contributed by atoms with E-state index in [1.807, 2.05) is 91.9 Å². The number of methoxy groups -OCH3 is 1. The van der Waals surface area contributed by atoms with E-state index in [-0.39, 0.29) is 25.2 Å². The van der Waals surface area contributed by atoms with Crippen LogP contribution in [0, 0.1) is 6.92 Å². The molecule has 7 rings (SSSR count). The van der Waals surface area contributed by atoms with E-state index in [1.165, 1.54) is 22.3 Å². The molecule has 6 aromatic rings. The SMILES string of the molecule is CCN(Cc1ccc(OC)cc1OC(c1ccccc1)(c1ccc(C)cc1)c1ccccc1Cl)C(=O)OCC1c2ccccc2-c2ccccc21. The Hall–Kier alpha value is -5.52. The van der Waals surface area contributed by atoms with Gasteiger partial charge in [-0.05, 0) is 54.3 Å². The summed E-state index contributed by atoms with van der Waals surface area (Å²) in [4.78, 5) is 15.5. The van der Waals surface area contributed by atoms with E-state index in [0.29, 0.717) is 23.1 Å². The third-order valence-corrected chi connectivity index (χ3v) is 10.1. The minimum absolute atomic E-state index is 0.0310. The molecule has 1 unspecified atom stereocenters. The number of nitrogens with zero attached hydrogens (tertiary/aromatic N) is 1. The van der Waals surface area contributed by atoms with E-state index < -0.39 is 5.60 Å². The molecule has 0 fully saturated rings. The summed E-state index contributed by atoms with van der Waals surface area (Å²) < 4.78 is 19.1. The van der Waals surface area contributed by atoms with E-state index in [4.69, 9.17) is 25.8 Å². The second-order valence-electron chi connectivity index (χ2n) is 12.8. The molecule has 0 aliphatic heterocycles. The molecule has 1 atom stereocenters. The first-order valence-electron chi connectivity index (χ1n) is 17.3. The highest BCUT2D eigenvalue weighted by Gasteiger charge is 2.41. The Balaban J connectivity index is 1.24. The Morgan fingerprint density at radius 1 is 0.745 bits per heavy atom. The van der Waals surface area contributed by atoms with Crippen molar-refractivity contribution < 1.29 is 19.0 Å². The summed E-state index contributed by atoms with van der Waals surface area (Å²) in [5.41, 5.74) is 8.11. The van der Waals surface area contributed by atoms with Gasteiger partial charge in [0.15, 0.2) is 5.60 Å². The van der Waals surface area contributed by atoms with Crippen LogP contribution in [0.1, 0.15) is 51.8 Å². The van der Waals surface area contributed by atoms with E-state index in [9.17, 15) is 4.79 Å². The second kappa shape index (κ2) is 14.8. The third-order valence-electron chi connectivity index (χ3n) is 9.77. The van der Waals surface area contributed by atoms with Crippen LogP contribution < -0.4 is 9.47 Å². The van der Waals surface area contributed by atoms with Crippen LogP contribution in [0.4, 0.5) is 4.79 Å². The van der Waals surface area contributed by atoms with Crippen molar-refractivity contribution in [2.45, 2.75) is 31.9 Å². The van der Waals surface area contributed by atoms with Crippen molar-refractivity contribution >= 4 is 17.7 Å². The van der Waals surface area contributed by atoms with Gasteiger partial charge in [0.1, 0.15) is 18.1 Å². The highest BCUT2D eigenvalue weighted by molar-refractivity contribution is 6.31. The highest BCUT2D eigenvalue weighted by atomic mass is 35.5. The number of carbonyl (C=O) groups excluding carboxylic acids is 1. The number of aryl methyl sites for hydroxylation is 1. The van der Waals surface area contributed by atoms with Gasteiger partial charge in [-0.2, -0.15) is 0 Å². The highest BCUT2D eigenvalue weighted by Crippen LogP contribution is 2.46. The molecule has 6 heteroatoms. The van der Waals surface area contributed by atoms with Crippen molar-refractivity contribution in [3.63, 3.8) is 0 Å². The largest absolute Gasteiger partial charge is 0.497 e. The molecule has 0 N–H and O–H groups in total. The smallest absolute Gasteiger partial charge is 0.410 e. The number of hydrogen-bond acceptors (Lipinski definition) is 4. The molecule has 6 aromatic carbocycles. The van der Waals surface area contributed by atoms with Crippen molar-refractivity contribution in [2.24, 2.45) is 0 Å². The minimum atomic E-state index is -1.14. The first-order valence-corrected chi connectivity index (χ1v) is 17.6. The predicted octanol–water partition coefficient (Wildman–Crippen LogP) is 10.8. The molecule has 1 aliphatic carbocycles. The first kappa shape index (κ1) is 34.0. The standard InChI is InChI=1S/C45H40ClNO4/c1-4-47(44(48)50-30-40-38-18-10-8-16-36(38)37-17-9-11-19-39(37)40)29-32-24-27-35(49-3)28-43(32)51-45(33-14-6-5-7-15-33,34-25-22-31(2)23-26-34)41-20-12-13-21-42(41)46/h5-28,40H,4,29-30H2,1-3H3. The topological polar surface area (TPSA) is 48.0 Å². The Bertz CT molecular complexity index is 2100. The number of amides is 1. The quantitative estimate of drug-likeness (QED) is 0.127. The molecular weight excluding hydrogens is 654 g/mol. The molecule has 0 radical (unpaired) electrons. The maximum absolute atomic E-state index is 13.8.